The first-order valence-electron chi connectivity index (χ1n) is 8.99. The zero-order chi connectivity index (χ0) is 16.0. The second-order valence-corrected chi connectivity index (χ2v) is 7.40. The maximum absolute atomic E-state index is 5.57. The largest absolute Gasteiger partial charge is 0.356 e. The summed E-state index contributed by atoms with van der Waals surface area (Å²) in [6.45, 7) is 1.01. The van der Waals surface area contributed by atoms with Gasteiger partial charge in [-0.2, -0.15) is 0 Å². The number of nitrogens with one attached hydrogen (secondary N) is 1. The second kappa shape index (κ2) is 5.45. The Morgan fingerprint density at radius 3 is 2.62 bits per heavy atom. The molecular weight excluding hydrogens is 296 g/mol. The smallest absolute Gasteiger partial charge is 0.167 e. The molecular formula is C21H22N2O. The molecule has 2 aromatic carbocycles. The Morgan fingerprint density at radius 1 is 1.04 bits per heavy atom. The van der Waals surface area contributed by atoms with Crippen molar-refractivity contribution < 1.29 is 4.52 Å². The number of nitrogens with zero attached hydrogens (tertiary/aromatic N) is 1. The van der Waals surface area contributed by atoms with E-state index in [0.29, 0.717) is 12.0 Å². The summed E-state index contributed by atoms with van der Waals surface area (Å²) in [5, 5.41) is 9.46. The van der Waals surface area contributed by atoms with Crippen molar-refractivity contribution in [3.63, 3.8) is 0 Å². The van der Waals surface area contributed by atoms with Crippen LogP contribution in [0.25, 0.3) is 11.0 Å². The first-order chi connectivity index (χ1) is 11.9. The van der Waals surface area contributed by atoms with E-state index in [1.807, 2.05) is 12.1 Å². The predicted octanol–water partition coefficient (Wildman–Crippen LogP) is 4.40. The molecule has 24 heavy (non-hydrogen) atoms. The normalized spacial score (nSPS) is 24.7. The number of fused-ring (bicyclic) bond motifs is 1. The SMILES string of the molecule is c1ccc([C@H]2C[C@@H]2NCC2(c3noc4ccccc34)CCC2)cc1. The Morgan fingerprint density at radius 2 is 1.83 bits per heavy atom. The van der Waals surface area contributed by atoms with Crippen LogP contribution in [0.4, 0.5) is 0 Å². The van der Waals surface area contributed by atoms with Crippen LogP contribution >= 0.6 is 0 Å². The number of para-hydroxylation sites is 1. The van der Waals surface area contributed by atoms with Crippen LogP contribution in [0.15, 0.2) is 59.1 Å². The fourth-order valence-corrected chi connectivity index (χ4v) is 4.18. The highest BCUT2D eigenvalue weighted by atomic mass is 16.5. The van der Waals surface area contributed by atoms with E-state index in [9.17, 15) is 0 Å². The lowest BCUT2D eigenvalue weighted by Gasteiger charge is -2.40. The van der Waals surface area contributed by atoms with Crippen LogP contribution in [0.2, 0.25) is 0 Å². The van der Waals surface area contributed by atoms with Gasteiger partial charge in [0.1, 0.15) is 0 Å². The molecule has 0 bridgehead atoms. The van der Waals surface area contributed by atoms with Crippen molar-refractivity contribution in [2.75, 3.05) is 6.54 Å². The summed E-state index contributed by atoms with van der Waals surface area (Å²) in [6.07, 6.45) is 4.95. The first-order valence-corrected chi connectivity index (χ1v) is 8.99. The Bertz CT molecular complexity index is 850. The highest BCUT2D eigenvalue weighted by molar-refractivity contribution is 5.80. The van der Waals surface area contributed by atoms with Gasteiger partial charge in [0.2, 0.25) is 0 Å². The van der Waals surface area contributed by atoms with Crippen LogP contribution in [-0.4, -0.2) is 17.7 Å². The van der Waals surface area contributed by atoms with E-state index in [1.165, 1.54) is 36.6 Å². The molecule has 3 aromatic rings. The van der Waals surface area contributed by atoms with Gasteiger partial charge in [0.15, 0.2) is 5.58 Å². The molecule has 0 aliphatic heterocycles. The number of rotatable bonds is 5. The molecule has 5 rings (SSSR count). The van der Waals surface area contributed by atoms with Gasteiger partial charge in [-0.3, -0.25) is 0 Å². The van der Waals surface area contributed by atoms with Crippen LogP contribution in [-0.2, 0) is 5.41 Å². The van der Waals surface area contributed by atoms with E-state index in [1.54, 1.807) is 0 Å². The minimum absolute atomic E-state index is 0.163. The van der Waals surface area contributed by atoms with Gasteiger partial charge in [0.25, 0.3) is 0 Å². The number of benzene rings is 2. The van der Waals surface area contributed by atoms with E-state index < -0.39 is 0 Å². The van der Waals surface area contributed by atoms with E-state index in [0.717, 1.165) is 17.8 Å². The highest BCUT2D eigenvalue weighted by Gasteiger charge is 2.45. The summed E-state index contributed by atoms with van der Waals surface area (Å²) in [5.74, 6) is 0.678. The predicted molar refractivity (Wildman–Crippen MR) is 95.1 cm³/mol. The molecule has 0 saturated heterocycles. The molecule has 0 unspecified atom stereocenters. The van der Waals surface area contributed by atoms with Gasteiger partial charge in [0, 0.05) is 29.3 Å². The van der Waals surface area contributed by atoms with Crippen molar-refractivity contribution in [3.8, 4) is 0 Å². The van der Waals surface area contributed by atoms with Crippen molar-refractivity contribution in [2.45, 2.75) is 43.1 Å². The molecule has 2 atom stereocenters. The van der Waals surface area contributed by atoms with Gasteiger partial charge in [-0.05, 0) is 37.0 Å². The topological polar surface area (TPSA) is 38.1 Å². The first kappa shape index (κ1) is 14.2. The van der Waals surface area contributed by atoms with Gasteiger partial charge >= 0.3 is 0 Å². The lowest BCUT2D eigenvalue weighted by molar-refractivity contribution is 0.218. The molecule has 2 fully saturated rings. The molecule has 2 saturated carbocycles. The molecule has 3 heteroatoms. The minimum atomic E-state index is 0.163. The Hall–Kier alpha value is -2.13. The summed E-state index contributed by atoms with van der Waals surface area (Å²) in [6, 6.07) is 19.7. The van der Waals surface area contributed by atoms with Gasteiger partial charge in [-0.15, -0.1) is 0 Å². The Labute approximate surface area is 142 Å². The third-order valence-corrected chi connectivity index (χ3v) is 5.91. The van der Waals surface area contributed by atoms with Crippen LogP contribution in [0, 0.1) is 0 Å². The summed E-state index contributed by atoms with van der Waals surface area (Å²) < 4.78 is 5.57. The van der Waals surface area contributed by atoms with Gasteiger partial charge in [-0.1, -0.05) is 54.0 Å². The quantitative estimate of drug-likeness (QED) is 0.758. The molecule has 3 nitrogen and oxygen atoms in total. The molecule has 1 N–H and O–H groups in total. The maximum Gasteiger partial charge on any atom is 0.167 e. The summed E-state index contributed by atoms with van der Waals surface area (Å²) in [5.41, 5.74) is 3.70. The van der Waals surface area contributed by atoms with Crippen LogP contribution < -0.4 is 5.32 Å². The van der Waals surface area contributed by atoms with E-state index in [2.05, 4.69) is 52.9 Å². The molecule has 2 aliphatic carbocycles. The molecule has 122 valence electrons. The molecule has 1 heterocycles. The fourth-order valence-electron chi connectivity index (χ4n) is 4.18. The number of hydrogen-bond acceptors (Lipinski definition) is 3. The highest BCUT2D eigenvalue weighted by Crippen LogP contribution is 2.47. The Balaban J connectivity index is 1.33. The number of aromatic nitrogens is 1. The van der Waals surface area contributed by atoms with Crippen LogP contribution in [0.5, 0.6) is 0 Å². The van der Waals surface area contributed by atoms with E-state index in [-0.39, 0.29) is 5.41 Å². The molecule has 1 aromatic heterocycles. The average Bonchev–Trinajstić information content (AvgIpc) is 3.25. The fraction of sp³-hybridized carbons (Fsp3) is 0.381. The molecule has 0 amide bonds. The summed E-state index contributed by atoms with van der Waals surface area (Å²) in [4.78, 5) is 0. The van der Waals surface area contributed by atoms with Gasteiger partial charge in [0.05, 0.1) is 5.69 Å². The van der Waals surface area contributed by atoms with Crippen LogP contribution in [0.1, 0.15) is 42.9 Å². The zero-order valence-electron chi connectivity index (χ0n) is 13.7. The molecule has 2 aliphatic rings. The van der Waals surface area contributed by atoms with Crippen molar-refractivity contribution >= 4 is 11.0 Å². The lowest BCUT2D eigenvalue weighted by Crippen LogP contribution is -2.45. The monoisotopic (exact) mass is 318 g/mol. The van der Waals surface area contributed by atoms with Crippen molar-refractivity contribution in [2.24, 2.45) is 0 Å². The Kier molecular flexibility index (Phi) is 3.23. The third kappa shape index (κ3) is 2.27. The zero-order valence-corrected chi connectivity index (χ0v) is 13.7. The number of hydrogen-bond donors (Lipinski definition) is 1. The molecule has 0 spiro atoms. The summed E-state index contributed by atoms with van der Waals surface area (Å²) >= 11 is 0. The minimum Gasteiger partial charge on any atom is -0.356 e. The average molecular weight is 318 g/mol. The van der Waals surface area contributed by atoms with E-state index >= 15 is 0 Å². The third-order valence-electron chi connectivity index (χ3n) is 5.91. The molecule has 0 radical (unpaired) electrons. The standard InChI is InChI=1S/C21H22N2O/c1-2-7-15(8-3-1)17-13-18(17)22-14-21(11-6-12-21)20-16-9-4-5-10-19(16)24-23-20/h1-5,7-10,17-18,22H,6,11-14H2/t17-,18+/m1/s1. The van der Waals surface area contributed by atoms with Crippen molar-refractivity contribution in [3.05, 3.63) is 65.9 Å². The maximum atomic E-state index is 5.57. The van der Waals surface area contributed by atoms with Crippen LogP contribution in [0.3, 0.4) is 0 Å². The van der Waals surface area contributed by atoms with Crippen molar-refractivity contribution in [1.29, 1.82) is 0 Å². The van der Waals surface area contributed by atoms with Gasteiger partial charge < -0.3 is 9.84 Å². The van der Waals surface area contributed by atoms with Gasteiger partial charge in [-0.25, -0.2) is 0 Å². The summed E-state index contributed by atoms with van der Waals surface area (Å²) in [7, 11) is 0. The van der Waals surface area contributed by atoms with Crippen molar-refractivity contribution in [1.82, 2.24) is 10.5 Å². The van der Waals surface area contributed by atoms with E-state index in [4.69, 9.17) is 4.52 Å². The second-order valence-electron chi connectivity index (χ2n) is 7.40. The lowest BCUT2D eigenvalue weighted by atomic mass is 9.66.